The van der Waals surface area contributed by atoms with E-state index in [0.29, 0.717) is 6.54 Å². The lowest BCUT2D eigenvalue weighted by molar-refractivity contribution is 0.239. The zero-order chi connectivity index (χ0) is 20.7. The van der Waals surface area contributed by atoms with Gasteiger partial charge in [0.25, 0.3) is 0 Å². The third-order valence-corrected chi connectivity index (χ3v) is 5.05. The van der Waals surface area contributed by atoms with Crippen LogP contribution in [0.1, 0.15) is 37.9 Å². The van der Waals surface area contributed by atoms with E-state index in [1.807, 2.05) is 67.0 Å². The van der Waals surface area contributed by atoms with Gasteiger partial charge in [0.1, 0.15) is 5.82 Å². The number of rotatable bonds is 7. The van der Waals surface area contributed by atoms with E-state index in [4.69, 9.17) is 17.2 Å². The zero-order valence-corrected chi connectivity index (χ0v) is 18.0. The molecule has 0 aromatic carbocycles. The van der Waals surface area contributed by atoms with Gasteiger partial charge in [-0.05, 0) is 36.4 Å². The van der Waals surface area contributed by atoms with Crippen LogP contribution in [0.3, 0.4) is 0 Å². The highest BCUT2D eigenvalue weighted by molar-refractivity contribution is 7.80. The van der Waals surface area contributed by atoms with Crippen molar-refractivity contribution in [3.8, 4) is 0 Å². The summed E-state index contributed by atoms with van der Waals surface area (Å²) in [5.74, 6) is 0.776. The van der Waals surface area contributed by atoms with Gasteiger partial charge in [0.15, 0.2) is 0 Å². The van der Waals surface area contributed by atoms with E-state index in [9.17, 15) is 0 Å². The molecular formula is C23H27N5S. The fraction of sp³-hybridized carbons (Fsp3) is 0.304. The average Bonchev–Trinajstić information content (AvgIpc) is 2.69. The summed E-state index contributed by atoms with van der Waals surface area (Å²) in [4.78, 5) is 16.8. The highest BCUT2D eigenvalue weighted by Crippen LogP contribution is 2.19. The fourth-order valence-corrected chi connectivity index (χ4v) is 2.88. The Hall–Kier alpha value is -2.70. The van der Waals surface area contributed by atoms with Gasteiger partial charge in [0.2, 0.25) is 0 Å². The Balaban J connectivity index is 1.76. The molecule has 0 saturated carbocycles. The van der Waals surface area contributed by atoms with Crippen LogP contribution in [0.25, 0.3) is 0 Å². The predicted molar refractivity (Wildman–Crippen MR) is 121 cm³/mol. The lowest BCUT2D eigenvalue weighted by Gasteiger charge is -2.23. The van der Waals surface area contributed by atoms with Gasteiger partial charge in [-0.25, -0.2) is 4.98 Å². The van der Waals surface area contributed by atoms with Crippen molar-refractivity contribution < 1.29 is 0 Å². The molecule has 1 N–H and O–H groups in total. The molecule has 0 fully saturated rings. The highest BCUT2D eigenvalue weighted by atomic mass is 32.1. The molecule has 0 aliphatic rings. The van der Waals surface area contributed by atoms with Crippen molar-refractivity contribution in [2.75, 3.05) is 5.32 Å². The second-order valence-electron chi connectivity index (χ2n) is 8.01. The van der Waals surface area contributed by atoms with E-state index in [0.717, 1.165) is 41.0 Å². The molecule has 0 radical (unpaired) electrons. The molecule has 6 heteroatoms. The van der Waals surface area contributed by atoms with Crippen LogP contribution in [0.15, 0.2) is 67.0 Å². The van der Waals surface area contributed by atoms with Crippen molar-refractivity contribution in [1.82, 2.24) is 19.9 Å². The van der Waals surface area contributed by atoms with Crippen LogP contribution in [-0.4, -0.2) is 24.8 Å². The molecule has 0 aliphatic carbocycles. The van der Waals surface area contributed by atoms with Crippen LogP contribution in [0, 0.1) is 5.41 Å². The second-order valence-corrected chi connectivity index (χ2v) is 8.41. The van der Waals surface area contributed by atoms with Crippen LogP contribution in [0.2, 0.25) is 0 Å². The van der Waals surface area contributed by atoms with Gasteiger partial charge < -0.3 is 5.32 Å². The third-order valence-electron chi connectivity index (χ3n) is 4.34. The summed E-state index contributed by atoms with van der Waals surface area (Å²) in [5.41, 5.74) is 2.91. The molecule has 0 saturated heterocycles. The fourth-order valence-electron chi connectivity index (χ4n) is 2.78. The Bertz CT molecular complexity index is 881. The Kier molecular flexibility index (Phi) is 7.01. The predicted octanol–water partition coefficient (Wildman–Crippen LogP) is 4.86. The number of nitrogens with zero attached hydrogens (tertiary/aromatic N) is 4. The van der Waals surface area contributed by atoms with Crippen LogP contribution in [-0.2, 0) is 19.6 Å². The van der Waals surface area contributed by atoms with Crippen LogP contribution < -0.4 is 5.32 Å². The van der Waals surface area contributed by atoms with Crippen molar-refractivity contribution in [2.45, 2.75) is 40.4 Å². The number of thiocarbonyl (C=S) groups is 1. The van der Waals surface area contributed by atoms with Gasteiger partial charge >= 0.3 is 0 Å². The minimum absolute atomic E-state index is 0.100. The number of hydrogen-bond acceptors (Lipinski definition) is 5. The van der Waals surface area contributed by atoms with Crippen LogP contribution in [0.5, 0.6) is 0 Å². The molecule has 0 amide bonds. The van der Waals surface area contributed by atoms with Gasteiger partial charge in [0.05, 0.1) is 22.1 Å². The number of hydrogen-bond donors (Lipinski definition) is 1. The SMILES string of the molecule is CC(C)(C)C(=S)Nc1cccc(CN(Cc2ccccn2)Cc2ccccn2)n1. The summed E-state index contributed by atoms with van der Waals surface area (Å²) in [6.07, 6.45) is 3.65. The van der Waals surface area contributed by atoms with Gasteiger partial charge in [0, 0.05) is 37.4 Å². The van der Waals surface area contributed by atoms with Crippen LogP contribution >= 0.6 is 12.2 Å². The number of nitrogens with one attached hydrogen (secondary N) is 1. The second kappa shape index (κ2) is 9.67. The molecule has 0 aliphatic heterocycles. The van der Waals surface area contributed by atoms with E-state index in [-0.39, 0.29) is 5.41 Å². The first-order valence-electron chi connectivity index (χ1n) is 9.70. The first-order valence-corrected chi connectivity index (χ1v) is 10.1. The minimum atomic E-state index is -0.100. The zero-order valence-electron chi connectivity index (χ0n) is 17.2. The molecule has 3 heterocycles. The number of pyridine rings is 3. The molecular weight excluding hydrogens is 378 g/mol. The summed E-state index contributed by atoms with van der Waals surface area (Å²) >= 11 is 5.50. The Morgan fingerprint density at radius 2 is 1.38 bits per heavy atom. The topological polar surface area (TPSA) is 53.9 Å². The first-order chi connectivity index (χ1) is 13.9. The maximum absolute atomic E-state index is 5.50. The molecule has 29 heavy (non-hydrogen) atoms. The van der Waals surface area contributed by atoms with E-state index >= 15 is 0 Å². The van der Waals surface area contributed by atoms with Crippen LogP contribution in [0.4, 0.5) is 5.82 Å². The minimum Gasteiger partial charge on any atom is -0.334 e. The molecule has 3 rings (SSSR count). The van der Waals surface area contributed by atoms with E-state index in [2.05, 4.69) is 41.0 Å². The molecule has 3 aromatic heterocycles. The summed E-state index contributed by atoms with van der Waals surface area (Å²) in [6, 6.07) is 18.0. The lowest BCUT2D eigenvalue weighted by atomic mass is 9.97. The molecule has 3 aromatic rings. The Labute approximate surface area is 178 Å². The van der Waals surface area contributed by atoms with Crippen molar-refractivity contribution in [3.05, 3.63) is 84.1 Å². The molecule has 0 unspecified atom stereocenters. The molecule has 0 bridgehead atoms. The quantitative estimate of drug-likeness (QED) is 0.567. The number of aromatic nitrogens is 3. The first kappa shape index (κ1) is 21.0. The van der Waals surface area contributed by atoms with Crippen molar-refractivity contribution in [2.24, 2.45) is 5.41 Å². The third kappa shape index (κ3) is 6.69. The Morgan fingerprint density at radius 3 is 1.90 bits per heavy atom. The summed E-state index contributed by atoms with van der Waals surface area (Å²) in [6.45, 7) is 8.40. The van der Waals surface area contributed by atoms with Gasteiger partial charge in [-0.2, -0.15) is 0 Å². The standard InChI is InChI=1S/C23H27N5S/c1-23(2,3)22(29)27-21-12-8-11-20(26-21)17-28(15-18-9-4-6-13-24-18)16-19-10-5-7-14-25-19/h4-14H,15-17H2,1-3H3,(H,26,27,29). The smallest absolute Gasteiger partial charge is 0.131 e. The van der Waals surface area contributed by atoms with E-state index < -0.39 is 0 Å². The molecule has 150 valence electrons. The lowest BCUT2D eigenvalue weighted by Crippen LogP contribution is -2.27. The maximum Gasteiger partial charge on any atom is 0.131 e. The summed E-state index contributed by atoms with van der Waals surface area (Å²) < 4.78 is 0. The maximum atomic E-state index is 5.50. The number of anilines is 1. The normalized spacial score (nSPS) is 11.4. The summed E-state index contributed by atoms with van der Waals surface area (Å²) in [5, 5.41) is 3.27. The van der Waals surface area contributed by atoms with Crippen molar-refractivity contribution >= 4 is 23.0 Å². The van der Waals surface area contributed by atoms with Crippen molar-refractivity contribution in [3.63, 3.8) is 0 Å². The van der Waals surface area contributed by atoms with E-state index in [1.54, 1.807) is 0 Å². The monoisotopic (exact) mass is 405 g/mol. The van der Waals surface area contributed by atoms with Gasteiger partial charge in [-0.3, -0.25) is 14.9 Å². The molecule has 0 atom stereocenters. The van der Waals surface area contributed by atoms with Gasteiger partial charge in [-0.15, -0.1) is 0 Å². The van der Waals surface area contributed by atoms with Gasteiger partial charge in [-0.1, -0.05) is 51.2 Å². The average molecular weight is 406 g/mol. The molecule has 0 spiro atoms. The van der Waals surface area contributed by atoms with E-state index in [1.165, 1.54) is 0 Å². The van der Waals surface area contributed by atoms with Crippen molar-refractivity contribution in [1.29, 1.82) is 0 Å². The summed E-state index contributed by atoms with van der Waals surface area (Å²) in [7, 11) is 0. The molecule has 5 nitrogen and oxygen atoms in total. The Morgan fingerprint density at radius 1 is 0.828 bits per heavy atom. The highest BCUT2D eigenvalue weighted by Gasteiger charge is 2.17. The largest absolute Gasteiger partial charge is 0.334 e.